The Balaban J connectivity index is 1.70. The minimum Gasteiger partial charge on any atom is -0.394 e. The summed E-state index contributed by atoms with van der Waals surface area (Å²) in [5, 5.41) is 40.8. The number of nitrogens with one attached hydrogen (secondary N) is 1. The molecule has 134 valence electrons. The summed E-state index contributed by atoms with van der Waals surface area (Å²) in [6, 6.07) is 9.28. The molecule has 5 atom stereocenters. The summed E-state index contributed by atoms with van der Waals surface area (Å²) in [6.07, 6.45) is -6.29. The van der Waals surface area contributed by atoms with Crippen LogP contribution < -0.4 is 5.32 Å². The maximum Gasteiger partial charge on any atom is 0.224 e. The molecule has 1 amide bonds. The first kappa shape index (κ1) is 18.8. The van der Waals surface area contributed by atoms with Gasteiger partial charge in [0.25, 0.3) is 0 Å². The first-order valence-corrected chi connectivity index (χ1v) is 7.75. The van der Waals surface area contributed by atoms with Gasteiger partial charge in [-0.1, -0.05) is 30.3 Å². The summed E-state index contributed by atoms with van der Waals surface area (Å²) in [7, 11) is 0. The van der Waals surface area contributed by atoms with Crippen molar-refractivity contribution in [2.45, 2.75) is 37.1 Å². The van der Waals surface area contributed by atoms with Crippen molar-refractivity contribution in [1.82, 2.24) is 5.32 Å². The first-order valence-electron chi connectivity index (χ1n) is 7.75. The number of rotatable bonds is 7. The van der Waals surface area contributed by atoms with Crippen LogP contribution in [0.2, 0.25) is 0 Å². The van der Waals surface area contributed by atoms with E-state index in [2.05, 4.69) is 5.32 Å². The number of carbonyl (C=O) groups excluding carboxylic acids is 1. The fourth-order valence-electron chi connectivity index (χ4n) is 2.41. The molecule has 8 nitrogen and oxygen atoms in total. The van der Waals surface area contributed by atoms with Gasteiger partial charge in [0.05, 0.1) is 19.6 Å². The van der Waals surface area contributed by atoms with Crippen LogP contribution in [0.3, 0.4) is 0 Å². The molecule has 0 radical (unpaired) electrons. The van der Waals surface area contributed by atoms with Gasteiger partial charge in [0.15, 0.2) is 6.29 Å². The summed E-state index contributed by atoms with van der Waals surface area (Å²) >= 11 is 0. The van der Waals surface area contributed by atoms with Crippen LogP contribution in [-0.2, 0) is 20.7 Å². The monoisotopic (exact) mass is 341 g/mol. The Bertz CT molecular complexity index is 510. The van der Waals surface area contributed by atoms with E-state index in [1.165, 1.54) is 0 Å². The predicted molar refractivity (Wildman–Crippen MR) is 82.9 cm³/mol. The Labute approximate surface area is 139 Å². The summed E-state index contributed by atoms with van der Waals surface area (Å²) in [4.78, 5) is 11.8. The molecule has 1 aromatic rings. The summed E-state index contributed by atoms with van der Waals surface area (Å²) in [5.74, 6) is -0.168. The number of ether oxygens (including phenoxy) is 2. The molecular weight excluding hydrogens is 318 g/mol. The van der Waals surface area contributed by atoms with E-state index >= 15 is 0 Å². The largest absolute Gasteiger partial charge is 0.394 e. The summed E-state index contributed by atoms with van der Waals surface area (Å²) < 4.78 is 10.5. The SMILES string of the molecule is O=C(Cc1ccccc1)NCCO[C@@H]1O[C@H](CO)[C@@H](O)[C@H](O)[C@H]1O. The molecule has 5 N–H and O–H groups in total. The minimum absolute atomic E-state index is 0.0449. The molecular formula is C16H23NO7. The number of benzene rings is 1. The van der Waals surface area contributed by atoms with Crippen molar-refractivity contribution in [3.8, 4) is 0 Å². The highest BCUT2D eigenvalue weighted by atomic mass is 16.7. The normalized spacial score (nSPS) is 30.1. The van der Waals surface area contributed by atoms with Gasteiger partial charge in [0, 0.05) is 6.54 Å². The second kappa shape index (κ2) is 9.07. The Morgan fingerprint density at radius 2 is 1.83 bits per heavy atom. The van der Waals surface area contributed by atoms with Crippen LogP contribution in [0.15, 0.2) is 30.3 Å². The Morgan fingerprint density at radius 3 is 2.50 bits per heavy atom. The highest BCUT2D eigenvalue weighted by Gasteiger charge is 2.43. The lowest BCUT2D eigenvalue weighted by atomic mass is 9.99. The topological polar surface area (TPSA) is 128 Å². The van der Waals surface area contributed by atoms with Gasteiger partial charge in [-0.3, -0.25) is 4.79 Å². The Morgan fingerprint density at radius 1 is 1.12 bits per heavy atom. The first-order chi connectivity index (χ1) is 11.5. The van der Waals surface area contributed by atoms with Crippen molar-refractivity contribution in [2.75, 3.05) is 19.8 Å². The zero-order chi connectivity index (χ0) is 17.5. The molecule has 0 unspecified atom stereocenters. The molecule has 1 aliphatic heterocycles. The zero-order valence-electron chi connectivity index (χ0n) is 13.1. The van der Waals surface area contributed by atoms with E-state index in [-0.39, 0.29) is 25.5 Å². The quantitative estimate of drug-likeness (QED) is 0.369. The van der Waals surface area contributed by atoms with Crippen LogP contribution in [0.25, 0.3) is 0 Å². The summed E-state index contributed by atoms with van der Waals surface area (Å²) in [6.45, 7) is -0.275. The van der Waals surface area contributed by atoms with Gasteiger partial charge in [-0.05, 0) is 5.56 Å². The highest BCUT2D eigenvalue weighted by molar-refractivity contribution is 5.78. The third-order valence-electron chi connectivity index (χ3n) is 3.76. The van der Waals surface area contributed by atoms with E-state index in [0.717, 1.165) is 5.56 Å². The van der Waals surface area contributed by atoms with Crippen LogP contribution in [0.4, 0.5) is 0 Å². The molecule has 0 aliphatic carbocycles. The lowest BCUT2D eigenvalue weighted by Gasteiger charge is -2.39. The van der Waals surface area contributed by atoms with E-state index < -0.39 is 37.3 Å². The highest BCUT2D eigenvalue weighted by Crippen LogP contribution is 2.21. The second-order valence-electron chi connectivity index (χ2n) is 5.58. The predicted octanol–water partition coefficient (Wildman–Crippen LogP) is -1.84. The second-order valence-corrected chi connectivity index (χ2v) is 5.58. The van der Waals surface area contributed by atoms with E-state index in [0.29, 0.717) is 0 Å². The smallest absolute Gasteiger partial charge is 0.224 e. The van der Waals surface area contributed by atoms with Crippen molar-refractivity contribution in [3.63, 3.8) is 0 Å². The van der Waals surface area contributed by atoms with Gasteiger partial charge in [0.2, 0.25) is 5.91 Å². The standard InChI is InChI=1S/C16H23NO7/c18-9-11-13(20)14(21)15(22)16(24-11)23-7-6-17-12(19)8-10-4-2-1-3-5-10/h1-5,11,13-16,18,20-22H,6-9H2,(H,17,19)/t11-,13-,14+,15-,16-/m1/s1. The van der Waals surface area contributed by atoms with Crippen LogP contribution >= 0.6 is 0 Å². The molecule has 0 aromatic heterocycles. The number of amides is 1. The fraction of sp³-hybridized carbons (Fsp3) is 0.562. The minimum atomic E-state index is -1.48. The van der Waals surface area contributed by atoms with Crippen LogP contribution in [-0.4, -0.2) is 76.8 Å². The van der Waals surface area contributed by atoms with E-state index in [1.54, 1.807) is 0 Å². The van der Waals surface area contributed by atoms with Crippen molar-refractivity contribution in [1.29, 1.82) is 0 Å². The number of aliphatic hydroxyl groups is 4. The number of aliphatic hydroxyl groups excluding tert-OH is 4. The third-order valence-corrected chi connectivity index (χ3v) is 3.76. The van der Waals surface area contributed by atoms with Gasteiger partial charge in [0.1, 0.15) is 24.4 Å². The maximum absolute atomic E-state index is 11.8. The fourth-order valence-corrected chi connectivity index (χ4v) is 2.41. The van der Waals surface area contributed by atoms with Gasteiger partial charge in [-0.2, -0.15) is 0 Å². The molecule has 0 bridgehead atoms. The third kappa shape index (κ3) is 4.97. The molecule has 1 aliphatic rings. The lowest BCUT2D eigenvalue weighted by Crippen LogP contribution is -2.59. The number of hydrogen-bond acceptors (Lipinski definition) is 7. The van der Waals surface area contributed by atoms with Gasteiger partial charge in [-0.15, -0.1) is 0 Å². The molecule has 1 fully saturated rings. The Hall–Kier alpha value is -1.55. The van der Waals surface area contributed by atoms with E-state index in [1.807, 2.05) is 30.3 Å². The van der Waals surface area contributed by atoms with Crippen molar-refractivity contribution >= 4 is 5.91 Å². The van der Waals surface area contributed by atoms with Crippen LogP contribution in [0.5, 0.6) is 0 Å². The van der Waals surface area contributed by atoms with Crippen LogP contribution in [0, 0.1) is 0 Å². The lowest BCUT2D eigenvalue weighted by molar-refractivity contribution is -0.300. The van der Waals surface area contributed by atoms with E-state index in [9.17, 15) is 20.1 Å². The zero-order valence-corrected chi connectivity index (χ0v) is 13.1. The molecule has 0 saturated carbocycles. The molecule has 0 spiro atoms. The molecule has 1 heterocycles. The van der Waals surface area contributed by atoms with Gasteiger partial charge >= 0.3 is 0 Å². The van der Waals surface area contributed by atoms with Crippen molar-refractivity contribution < 1.29 is 34.7 Å². The molecule has 24 heavy (non-hydrogen) atoms. The van der Waals surface area contributed by atoms with E-state index in [4.69, 9.17) is 14.6 Å². The average Bonchev–Trinajstić information content (AvgIpc) is 2.59. The van der Waals surface area contributed by atoms with Gasteiger partial charge in [-0.25, -0.2) is 0 Å². The Kier molecular flexibility index (Phi) is 7.10. The summed E-state index contributed by atoms with van der Waals surface area (Å²) in [5.41, 5.74) is 0.893. The van der Waals surface area contributed by atoms with Crippen molar-refractivity contribution in [2.24, 2.45) is 0 Å². The van der Waals surface area contributed by atoms with Crippen LogP contribution in [0.1, 0.15) is 5.56 Å². The molecule has 2 rings (SSSR count). The maximum atomic E-state index is 11.8. The average molecular weight is 341 g/mol. The van der Waals surface area contributed by atoms with Gasteiger partial charge < -0.3 is 35.2 Å². The molecule has 8 heteroatoms. The molecule has 1 aromatic carbocycles. The van der Waals surface area contributed by atoms with Crippen molar-refractivity contribution in [3.05, 3.63) is 35.9 Å². The number of carbonyl (C=O) groups is 1. The molecule has 1 saturated heterocycles. The number of hydrogen-bond donors (Lipinski definition) is 5.